The number of anilines is 2. The first-order valence-electron chi connectivity index (χ1n) is 11.1. The van der Waals surface area contributed by atoms with Crippen LogP contribution in [0, 0.1) is 5.82 Å². The normalized spacial score (nSPS) is 21.4. The Morgan fingerprint density at radius 3 is 2.65 bits per heavy atom. The molecule has 1 aromatic heterocycles. The number of carbonyl (C=O) groups is 1. The lowest BCUT2D eigenvalue weighted by Crippen LogP contribution is -2.48. The van der Waals surface area contributed by atoms with Crippen LogP contribution in [0.2, 0.25) is 5.02 Å². The minimum atomic E-state index is -0.491. The molecule has 0 saturated carbocycles. The van der Waals surface area contributed by atoms with Gasteiger partial charge in [0, 0.05) is 42.1 Å². The molecule has 2 bridgehead atoms. The summed E-state index contributed by atoms with van der Waals surface area (Å²) in [5.74, 6) is 1.18. The van der Waals surface area contributed by atoms with Gasteiger partial charge >= 0.3 is 0 Å². The third-order valence-electron chi connectivity index (χ3n) is 6.52. The van der Waals surface area contributed by atoms with Crippen molar-refractivity contribution in [3.8, 4) is 11.5 Å². The highest BCUT2D eigenvalue weighted by atomic mass is 35.5. The van der Waals surface area contributed by atoms with Crippen molar-refractivity contribution in [2.75, 3.05) is 12.4 Å². The van der Waals surface area contributed by atoms with Crippen LogP contribution < -0.4 is 14.8 Å². The van der Waals surface area contributed by atoms with E-state index in [1.165, 1.54) is 24.5 Å². The molecule has 2 atom stereocenters. The zero-order valence-electron chi connectivity index (χ0n) is 18.6. The van der Waals surface area contributed by atoms with E-state index in [0.29, 0.717) is 28.5 Å². The molecule has 0 aliphatic carbocycles. The van der Waals surface area contributed by atoms with Crippen molar-refractivity contribution in [3.63, 3.8) is 0 Å². The van der Waals surface area contributed by atoms with E-state index >= 15 is 0 Å². The maximum Gasteiger partial charge on any atom is 0.246 e. The number of amides is 1. The standard InChI is InChI=1S/C25H24ClFN4O3/c1-3-24(32)31-15-5-6-16(31)10-17(9-15)34-23-11-18-21(12-22(23)33-2)28-13-29-25(18)30-14-4-7-20(27)19(26)8-14/h3-4,7-8,11-13,15-17H,1,5-6,9-10H2,2H3,(H,28,29,30). The van der Waals surface area contributed by atoms with Crippen molar-refractivity contribution in [1.29, 1.82) is 0 Å². The average Bonchev–Trinajstić information content (AvgIpc) is 3.11. The third-order valence-corrected chi connectivity index (χ3v) is 6.81. The average molecular weight is 483 g/mol. The molecule has 1 amide bonds. The van der Waals surface area contributed by atoms with Crippen molar-refractivity contribution >= 4 is 39.9 Å². The number of hydrogen-bond acceptors (Lipinski definition) is 6. The fraction of sp³-hybridized carbons (Fsp3) is 0.320. The third kappa shape index (κ3) is 4.14. The Kier molecular flexibility index (Phi) is 6.00. The van der Waals surface area contributed by atoms with E-state index in [1.807, 2.05) is 11.0 Å². The number of nitrogens with one attached hydrogen (secondary N) is 1. The van der Waals surface area contributed by atoms with E-state index in [1.54, 1.807) is 19.2 Å². The number of rotatable bonds is 6. The Bertz CT molecular complexity index is 1260. The Morgan fingerprint density at radius 1 is 1.21 bits per heavy atom. The summed E-state index contributed by atoms with van der Waals surface area (Å²) >= 11 is 5.92. The maximum absolute atomic E-state index is 13.6. The second-order valence-electron chi connectivity index (χ2n) is 8.54. The molecule has 2 aliphatic heterocycles. The summed E-state index contributed by atoms with van der Waals surface area (Å²) in [5.41, 5.74) is 1.27. The van der Waals surface area contributed by atoms with E-state index < -0.39 is 5.82 Å². The van der Waals surface area contributed by atoms with Gasteiger partial charge < -0.3 is 19.7 Å². The minimum absolute atomic E-state index is 0.0111. The highest BCUT2D eigenvalue weighted by Crippen LogP contribution is 2.40. The van der Waals surface area contributed by atoms with Gasteiger partial charge in [0.1, 0.15) is 24.1 Å². The van der Waals surface area contributed by atoms with Gasteiger partial charge in [-0.1, -0.05) is 18.2 Å². The molecule has 34 heavy (non-hydrogen) atoms. The van der Waals surface area contributed by atoms with E-state index in [0.717, 1.165) is 31.1 Å². The van der Waals surface area contributed by atoms with Gasteiger partial charge in [-0.05, 0) is 43.2 Å². The van der Waals surface area contributed by atoms with Gasteiger partial charge in [-0.2, -0.15) is 0 Å². The molecule has 3 aromatic rings. The van der Waals surface area contributed by atoms with E-state index in [9.17, 15) is 9.18 Å². The summed E-state index contributed by atoms with van der Waals surface area (Å²) in [7, 11) is 1.59. The van der Waals surface area contributed by atoms with Crippen molar-refractivity contribution in [2.45, 2.75) is 43.9 Å². The summed E-state index contributed by atoms with van der Waals surface area (Å²) < 4.78 is 25.6. The molecule has 7 nitrogen and oxygen atoms in total. The fourth-order valence-electron chi connectivity index (χ4n) is 4.99. The zero-order chi connectivity index (χ0) is 23.8. The molecule has 9 heteroatoms. The number of nitrogens with zero attached hydrogens (tertiary/aromatic N) is 3. The predicted molar refractivity (Wildman–Crippen MR) is 128 cm³/mol. The first-order chi connectivity index (χ1) is 16.5. The van der Waals surface area contributed by atoms with Gasteiger partial charge in [-0.25, -0.2) is 14.4 Å². The zero-order valence-corrected chi connectivity index (χ0v) is 19.4. The number of methoxy groups -OCH3 is 1. The van der Waals surface area contributed by atoms with Gasteiger partial charge in [-0.3, -0.25) is 4.79 Å². The smallest absolute Gasteiger partial charge is 0.246 e. The molecule has 2 aliphatic rings. The van der Waals surface area contributed by atoms with Crippen LogP contribution >= 0.6 is 11.6 Å². The van der Waals surface area contributed by atoms with Crippen LogP contribution in [0.15, 0.2) is 49.3 Å². The maximum atomic E-state index is 13.6. The predicted octanol–water partition coefficient (Wildman–Crippen LogP) is 5.26. The van der Waals surface area contributed by atoms with E-state index in [-0.39, 0.29) is 29.1 Å². The molecule has 2 aromatic carbocycles. The Hall–Kier alpha value is -3.39. The molecule has 2 fully saturated rings. The monoisotopic (exact) mass is 482 g/mol. The van der Waals surface area contributed by atoms with Crippen LogP contribution in [0.4, 0.5) is 15.9 Å². The number of halogens is 2. The lowest BCUT2D eigenvalue weighted by atomic mass is 9.99. The summed E-state index contributed by atoms with van der Waals surface area (Å²) in [6.45, 7) is 3.64. The lowest BCUT2D eigenvalue weighted by Gasteiger charge is -2.38. The summed E-state index contributed by atoms with van der Waals surface area (Å²) in [6.07, 6.45) is 6.24. The largest absolute Gasteiger partial charge is 0.493 e. The molecular weight excluding hydrogens is 459 g/mol. The van der Waals surface area contributed by atoms with Gasteiger partial charge in [0.25, 0.3) is 0 Å². The summed E-state index contributed by atoms with van der Waals surface area (Å²) in [5, 5.41) is 3.92. The number of aromatic nitrogens is 2. The van der Waals surface area contributed by atoms with Gasteiger partial charge in [-0.15, -0.1) is 0 Å². The molecule has 176 valence electrons. The lowest BCUT2D eigenvalue weighted by molar-refractivity contribution is -0.131. The molecule has 2 unspecified atom stereocenters. The number of fused-ring (bicyclic) bond motifs is 3. The van der Waals surface area contributed by atoms with E-state index in [4.69, 9.17) is 21.1 Å². The Balaban J connectivity index is 1.43. The summed E-state index contributed by atoms with van der Waals surface area (Å²) in [6, 6.07) is 8.35. The number of piperidine rings is 1. The van der Waals surface area contributed by atoms with Crippen molar-refractivity contribution in [1.82, 2.24) is 14.9 Å². The highest BCUT2D eigenvalue weighted by Gasteiger charge is 2.43. The SMILES string of the molecule is C=CC(=O)N1C2CCC1CC(Oc1cc3c(Nc4ccc(F)c(Cl)c4)ncnc3cc1OC)C2. The topological polar surface area (TPSA) is 76.6 Å². The molecule has 5 rings (SSSR count). The number of ether oxygens (including phenoxy) is 2. The highest BCUT2D eigenvalue weighted by molar-refractivity contribution is 6.31. The van der Waals surface area contributed by atoms with Gasteiger partial charge in [0.2, 0.25) is 5.91 Å². The van der Waals surface area contributed by atoms with Crippen LogP contribution in [0.5, 0.6) is 11.5 Å². The molecule has 1 N–H and O–H groups in total. The summed E-state index contributed by atoms with van der Waals surface area (Å²) in [4.78, 5) is 22.9. The first kappa shape index (κ1) is 22.4. The number of benzene rings is 2. The second kappa shape index (κ2) is 9.10. The van der Waals surface area contributed by atoms with Gasteiger partial charge in [0.15, 0.2) is 11.5 Å². The van der Waals surface area contributed by atoms with Gasteiger partial charge in [0.05, 0.1) is 17.6 Å². The van der Waals surface area contributed by atoms with Crippen LogP contribution in [0.1, 0.15) is 25.7 Å². The number of hydrogen-bond donors (Lipinski definition) is 1. The Morgan fingerprint density at radius 2 is 1.97 bits per heavy atom. The quantitative estimate of drug-likeness (QED) is 0.483. The van der Waals surface area contributed by atoms with Crippen molar-refractivity contribution in [2.24, 2.45) is 0 Å². The minimum Gasteiger partial charge on any atom is -0.493 e. The molecule has 0 radical (unpaired) electrons. The van der Waals surface area contributed by atoms with E-state index in [2.05, 4.69) is 21.9 Å². The first-order valence-corrected chi connectivity index (χ1v) is 11.5. The van der Waals surface area contributed by atoms with Crippen LogP contribution in [0.25, 0.3) is 10.9 Å². The van der Waals surface area contributed by atoms with Crippen LogP contribution in [-0.4, -0.2) is 46.1 Å². The molecular formula is C25H24ClFN4O3. The number of carbonyl (C=O) groups excluding carboxylic acids is 1. The second-order valence-corrected chi connectivity index (χ2v) is 8.95. The molecule has 0 spiro atoms. The van der Waals surface area contributed by atoms with Crippen molar-refractivity contribution in [3.05, 3.63) is 60.2 Å². The Labute approximate surface area is 201 Å². The molecule has 3 heterocycles. The molecule has 2 saturated heterocycles. The van der Waals surface area contributed by atoms with Crippen molar-refractivity contribution < 1.29 is 18.7 Å². The van der Waals surface area contributed by atoms with Crippen LogP contribution in [0.3, 0.4) is 0 Å². The fourth-order valence-corrected chi connectivity index (χ4v) is 5.17. The van der Waals surface area contributed by atoms with Crippen LogP contribution in [-0.2, 0) is 4.79 Å².